The average molecular weight is 235 g/mol. The first-order valence-electron chi connectivity index (χ1n) is 5.80. The van der Waals surface area contributed by atoms with E-state index in [9.17, 15) is 14.5 Å². The molecule has 0 heterocycles. The number of hydrogen-bond acceptors (Lipinski definition) is 2. The van der Waals surface area contributed by atoms with Gasteiger partial charge in [-0.1, -0.05) is 18.1 Å². The zero-order valence-corrected chi connectivity index (χ0v) is 9.49. The van der Waals surface area contributed by atoms with E-state index in [0.717, 1.165) is 12.8 Å². The minimum atomic E-state index is -0.764. The lowest BCUT2D eigenvalue weighted by atomic mass is 9.93. The van der Waals surface area contributed by atoms with E-state index >= 15 is 0 Å². The molecule has 90 valence electrons. The molecule has 0 bridgehead atoms. The van der Waals surface area contributed by atoms with E-state index in [1.807, 2.05) is 6.08 Å². The molecule has 1 aromatic rings. The van der Waals surface area contributed by atoms with Crippen LogP contribution in [0, 0.1) is 15.9 Å². The largest absolute Gasteiger partial charge is 0.304 e. The van der Waals surface area contributed by atoms with Gasteiger partial charge < -0.3 is 0 Å². The molecule has 1 saturated carbocycles. The Morgan fingerprint density at radius 2 is 1.94 bits per heavy atom. The zero-order chi connectivity index (χ0) is 12.3. The second-order valence-electron chi connectivity index (χ2n) is 4.33. The topological polar surface area (TPSA) is 43.1 Å². The van der Waals surface area contributed by atoms with Crippen molar-refractivity contribution in [2.45, 2.75) is 32.1 Å². The van der Waals surface area contributed by atoms with Gasteiger partial charge in [0.1, 0.15) is 0 Å². The monoisotopic (exact) mass is 235 g/mol. The lowest BCUT2D eigenvalue weighted by Crippen LogP contribution is -1.95. The van der Waals surface area contributed by atoms with Gasteiger partial charge in [0.25, 0.3) is 0 Å². The average Bonchev–Trinajstić information content (AvgIpc) is 2.30. The minimum Gasteiger partial charge on any atom is -0.258 e. The van der Waals surface area contributed by atoms with E-state index in [1.54, 1.807) is 6.07 Å². The molecule has 0 atom stereocenters. The summed E-state index contributed by atoms with van der Waals surface area (Å²) < 4.78 is 13.4. The van der Waals surface area contributed by atoms with Gasteiger partial charge in [0.05, 0.1) is 4.92 Å². The molecule has 0 aromatic heterocycles. The number of nitro groups is 1. The second kappa shape index (κ2) is 5.08. The highest BCUT2D eigenvalue weighted by molar-refractivity contribution is 5.55. The number of rotatable bonds is 2. The van der Waals surface area contributed by atoms with Crippen LogP contribution in [0.2, 0.25) is 0 Å². The first-order valence-corrected chi connectivity index (χ1v) is 5.80. The lowest BCUT2D eigenvalue weighted by Gasteiger charge is -2.13. The highest BCUT2D eigenvalue weighted by Gasteiger charge is 2.13. The molecule has 1 aliphatic carbocycles. The van der Waals surface area contributed by atoms with Crippen molar-refractivity contribution >= 4 is 11.8 Å². The first-order chi connectivity index (χ1) is 8.16. The van der Waals surface area contributed by atoms with Crippen LogP contribution in [0.4, 0.5) is 10.1 Å². The Labute approximate surface area is 99.1 Å². The minimum absolute atomic E-state index is 0.462. The standard InChI is InChI=1S/C13H14FNO2/c14-12-9-11(6-7-13(12)15(16)17)8-10-4-2-1-3-5-10/h6-9H,1-5H2. The number of benzene rings is 1. The third kappa shape index (κ3) is 2.90. The molecule has 0 amide bonds. The molecule has 3 nitrogen and oxygen atoms in total. The maximum Gasteiger partial charge on any atom is 0.304 e. The fourth-order valence-electron chi connectivity index (χ4n) is 2.15. The maximum absolute atomic E-state index is 13.4. The number of nitrogens with zero attached hydrogens (tertiary/aromatic N) is 1. The van der Waals surface area contributed by atoms with Crippen LogP contribution in [0.25, 0.3) is 6.08 Å². The number of halogens is 1. The molecule has 0 saturated heterocycles. The molecule has 0 unspecified atom stereocenters. The van der Waals surface area contributed by atoms with E-state index in [4.69, 9.17) is 0 Å². The van der Waals surface area contributed by atoms with Crippen LogP contribution in [-0.4, -0.2) is 4.92 Å². The van der Waals surface area contributed by atoms with Crippen molar-refractivity contribution in [2.75, 3.05) is 0 Å². The van der Waals surface area contributed by atoms with Crippen molar-refractivity contribution in [1.82, 2.24) is 0 Å². The summed E-state index contributed by atoms with van der Waals surface area (Å²) in [7, 11) is 0. The van der Waals surface area contributed by atoms with Crippen LogP contribution in [0.3, 0.4) is 0 Å². The van der Waals surface area contributed by atoms with Gasteiger partial charge in [-0.15, -0.1) is 0 Å². The summed E-state index contributed by atoms with van der Waals surface area (Å²) in [5.74, 6) is -0.764. The van der Waals surface area contributed by atoms with Crippen LogP contribution in [-0.2, 0) is 0 Å². The highest BCUT2D eigenvalue weighted by Crippen LogP contribution is 2.26. The van der Waals surface area contributed by atoms with Crippen LogP contribution < -0.4 is 0 Å². The van der Waals surface area contributed by atoms with E-state index in [0.29, 0.717) is 5.56 Å². The van der Waals surface area contributed by atoms with Gasteiger partial charge in [0, 0.05) is 6.07 Å². The Morgan fingerprint density at radius 1 is 1.24 bits per heavy atom. The van der Waals surface area contributed by atoms with Gasteiger partial charge in [-0.05, 0) is 43.4 Å². The molecule has 2 rings (SSSR count). The normalized spacial score (nSPS) is 15.7. The molecule has 4 heteroatoms. The lowest BCUT2D eigenvalue weighted by molar-refractivity contribution is -0.387. The molecular weight excluding hydrogens is 221 g/mol. The second-order valence-corrected chi connectivity index (χ2v) is 4.33. The molecular formula is C13H14FNO2. The SMILES string of the molecule is O=[N+]([O-])c1ccc(C=C2CCCCC2)cc1F. The van der Waals surface area contributed by atoms with Crippen molar-refractivity contribution in [3.63, 3.8) is 0 Å². The summed E-state index contributed by atoms with van der Waals surface area (Å²) in [4.78, 5) is 9.77. The van der Waals surface area contributed by atoms with Gasteiger partial charge >= 0.3 is 5.69 Å². The quantitative estimate of drug-likeness (QED) is 0.572. The third-order valence-electron chi connectivity index (χ3n) is 3.04. The van der Waals surface area contributed by atoms with Gasteiger partial charge in [0.15, 0.2) is 0 Å². The van der Waals surface area contributed by atoms with E-state index in [2.05, 4.69) is 0 Å². The van der Waals surface area contributed by atoms with Crippen molar-refractivity contribution in [3.05, 3.63) is 45.3 Å². The predicted molar refractivity (Wildman–Crippen MR) is 64.1 cm³/mol. The Bertz CT molecular complexity index is 460. The zero-order valence-electron chi connectivity index (χ0n) is 9.49. The fraction of sp³-hybridized carbons (Fsp3) is 0.385. The van der Waals surface area contributed by atoms with Crippen molar-refractivity contribution < 1.29 is 9.31 Å². The summed E-state index contributed by atoms with van der Waals surface area (Å²) in [6.07, 6.45) is 7.68. The molecule has 1 aliphatic rings. The van der Waals surface area contributed by atoms with Crippen LogP contribution in [0.15, 0.2) is 23.8 Å². The smallest absolute Gasteiger partial charge is 0.258 e. The first kappa shape index (κ1) is 11.8. The Morgan fingerprint density at radius 3 is 2.53 bits per heavy atom. The van der Waals surface area contributed by atoms with Gasteiger partial charge in [-0.2, -0.15) is 4.39 Å². The molecule has 0 spiro atoms. The summed E-state index contributed by atoms with van der Waals surface area (Å²) >= 11 is 0. The van der Waals surface area contributed by atoms with E-state index < -0.39 is 16.4 Å². The van der Waals surface area contributed by atoms with Gasteiger partial charge in [-0.3, -0.25) is 10.1 Å². The molecule has 0 aliphatic heterocycles. The predicted octanol–water partition coefficient (Wildman–Crippen LogP) is 4.08. The Kier molecular flexibility index (Phi) is 3.52. The van der Waals surface area contributed by atoms with Crippen molar-refractivity contribution in [2.24, 2.45) is 0 Å². The summed E-state index contributed by atoms with van der Waals surface area (Å²) in [6, 6.07) is 4.06. The Hall–Kier alpha value is -1.71. The third-order valence-corrected chi connectivity index (χ3v) is 3.04. The number of hydrogen-bond donors (Lipinski definition) is 0. The molecule has 0 N–H and O–H groups in total. The maximum atomic E-state index is 13.4. The van der Waals surface area contributed by atoms with E-state index in [-0.39, 0.29) is 0 Å². The molecule has 17 heavy (non-hydrogen) atoms. The Balaban J connectivity index is 2.22. The molecule has 1 fully saturated rings. The van der Waals surface area contributed by atoms with Gasteiger partial charge in [0.2, 0.25) is 5.82 Å². The summed E-state index contributed by atoms with van der Waals surface area (Å²) in [5, 5.41) is 10.5. The summed E-state index contributed by atoms with van der Waals surface area (Å²) in [5.41, 5.74) is 1.56. The van der Waals surface area contributed by atoms with Crippen LogP contribution >= 0.6 is 0 Å². The highest BCUT2D eigenvalue weighted by atomic mass is 19.1. The van der Waals surface area contributed by atoms with Gasteiger partial charge in [-0.25, -0.2) is 0 Å². The van der Waals surface area contributed by atoms with Crippen molar-refractivity contribution in [3.8, 4) is 0 Å². The molecule has 1 aromatic carbocycles. The van der Waals surface area contributed by atoms with Crippen molar-refractivity contribution in [1.29, 1.82) is 0 Å². The summed E-state index contributed by atoms with van der Waals surface area (Å²) in [6.45, 7) is 0. The van der Waals surface area contributed by atoms with E-state index in [1.165, 1.54) is 37.0 Å². The number of allylic oxidation sites excluding steroid dienone is 1. The fourth-order valence-corrected chi connectivity index (χ4v) is 2.15. The van der Waals surface area contributed by atoms with Crippen LogP contribution in [0.1, 0.15) is 37.7 Å². The van der Waals surface area contributed by atoms with Crippen LogP contribution in [0.5, 0.6) is 0 Å². The number of nitro benzene ring substituents is 1. The molecule has 0 radical (unpaired) electrons.